The summed E-state index contributed by atoms with van der Waals surface area (Å²) in [5.74, 6) is -0.256. The Hall–Kier alpha value is -1.97. The van der Waals surface area contributed by atoms with Gasteiger partial charge in [0.15, 0.2) is 0 Å². The van der Waals surface area contributed by atoms with E-state index in [0.29, 0.717) is 17.3 Å². The van der Waals surface area contributed by atoms with E-state index in [0.717, 1.165) is 12.2 Å². The summed E-state index contributed by atoms with van der Waals surface area (Å²) in [6, 6.07) is 3.82. The molecule has 0 aromatic carbocycles. The minimum Gasteiger partial charge on any atom is -0.362 e. The molecular formula is C13H12N2O2. The van der Waals surface area contributed by atoms with Crippen LogP contribution in [0.4, 0.5) is 0 Å². The number of hydrogen-bond acceptors (Lipinski definition) is 4. The van der Waals surface area contributed by atoms with E-state index >= 15 is 0 Å². The van der Waals surface area contributed by atoms with E-state index in [-0.39, 0.29) is 17.3 Å². The molecule has 2 heterocycles. The van der Waals surface area contributed by atoms with Crippen LogP contribution in [-0.2, 0) is 0 Å². The van der Waals surface area contributed by atoms with Gasteiger partial charge >= 0.3 is 0 Å². The fraction of sp³-hybridized carbons (Fsp3) is 0.308. The minimum atomic E-state index is -0.169. The average Bonchev–Trinajstić information content (AvgIpc) is 3.00. The van der Waals surface area contributed by atoms with E-state index in [1.54, 1.807) is 12.1 Å². The lowest BCUT2D eigenvalue weighted by Gasteiger charge is -2.16. The highest BCUT2D eigenvalue weighted by molar-refractivity contribution is 6.23. The van der Waals surface area contributed by atoms with Crippen molar-refractivity contribution < 1.29 is 9.59 Å². The van der Waals surface area contributed by atoms with Gasteiger partial charge in [-0.2, -0.15) is 0 Å². The molecule has 4 nitrogen and oxygen atoms in total. The third kappa shape index (κ3) is 1.48. The van der Waals surface area contributed by atoms with Crippen molar-refractivity contribution in [1.29, 1.82) is 0 Å². The van der Waals surface area contributed by atoms with Crippen LogP contribution in [0.3, 0.4) is 0 Å². The van der Waals surface area contributed by atoms with Gasteiger partial charge in [-0.05, 0) is 26.0 Å². The van der Waals surface area contributed by atoms with Crippen LogP contribution < -0.4 is 0 Å². The van der Waals surface area contributed by atoms with Gasteiger partial charge in [0, 0.05) is 24.4 Å². The Morgan fingerprint density at radius 1 is 1.35 bits per heavy atom. The summed E-state index contributed by atoms with van der Waals surface area (Å²) in [6.45, 7) is 4.69. The van der Waals surface area contributed by atoms with Crippen LogP contribution in [0.25, 0.3) is 0 Å². The number of carbonyl (C=O) groups excluding carboxylic acids is 2. The summed E-state index contributed by atoms with van der Waals surface area (Å²) in [6.07, 6.45) is 1.42. The molecule has 1 aromatic rings. The molecular weight excluding hydrogens is 216 g/mol. The van der Waals surface area contributed by atoms with Crippen LogP contribution in [0.2, 0.25) is 0 Å². The molecule has 0 radical (unpaired) electrons. The van der Waals surface area contributed by atoms with Gasteiger partial charge in [-0.3, -0.25) is 9.59 Å². The molecule has 0 bridgehead atoms. The smallest absolute Gasteiger partial charge is 0.211 e. The number of Topliss-reactive ketones (excluding diaryl/α,β-unsaturated/α-hetero) is 1. The number of rotatable bonds is 1. The fourth-order valence-electron chi connectivity index (χ4n) is 2.11. The van der Waals surface area contributed by atoms with Gasteiger partial charge in [-0.15, -0.1) is 0 Å². The van der Waals surface area contributed by atoms with Crippen molar-refractivity contribution in [2.24, 2.45) is 0 Å². The van der Waals surface area contributed by atoms with E-state index in [1.165, 1.54) is 6.08 Å². The van der Waals surface area contributed by atoms with Crippen LogP contribution in [0.15, 0.2) is 23.9 Å². The molecule has 2 aliphatic rings. The first-order valence-corrected chi connectivity index (χ1v) is 5.63. The number of allylic oxidation sites excluding steroid dienone is 2. The van der Waals surface area contributed by atoms with Gasteiger partial charge in [0.05, 0.1) is 11.3 Å². The van der Waals surface area contributed by atoms with Crippen LogP contribution in [0.1, 0.15) is 33.5 Å². The summed E-state index contributed by atoms with van der Waals surface area (Å²) in [4.78, 5) is 30.2. The molecule has 0 saturated carbocycles. The van der Waals surface area contributed by atoms with Crippen LogP contribution >= 0.6 is 0 Å². The number of pyridine rings is 1. The molecule has 17 heavy (non-hydrogen) atoms. The van der Waals surface area contributed by atoms with Gasteiger partial charge in [-0.25, -0.2) is 4.98 Å². The highest BCUT2D eigenvalue weighted by atomic mass is 16.1. The summed E-state index contributed by atoms with van der Waals surface area (Å²) < 4.78 is 0. The molecule has 86 valence electrons. The zero-order chi connectivity index (χ0) is 12.2. The molecule has 1 aliphatic heterocycles. The van der Waals surface area contributed by atoms with Crippen molar-refractivity contribution in [1.82, 2.24) is 9.88 Å². The van der Waals surface area contributed by atoms with Crippen molar-refractivity contribution in [2.45, 2.75) is 19.9 Å². The van der Waals surface area contributed by atoms with Crippen LogP contribution in [-0.4, -0.2) is 34.0 Å². The first-order valence-electron chi connectivity index (χ1n) is 5.63. The van der Waals surface area contributed by atoms with Crippen molar-refractivity contribution in [3.8, 4) is 0 Å². The van der Waals surface area contributed by atoms with E-state index in [9.17, 15) is 9.59 Å². The lowest BCUT2D eigenvalue weighted by Crippen LogP contribution is -2.23. The Labute approximate surface area is 99.0 Å². The maximum atomic E-state index is 12.2. The first kappa shape index (κ1) is 10.2. The second-order valence-corrected chi connectivity index (χ2v) is 4.57. The molecule has 1 saturated heterocycles. The number of ketones is 2. The van der Waals surface area contributed by atoms with E-state index in [4.69, 9.17) is 0 Å². The second kappa shape index (κ2) is 3.26. The lowest BCUT2D eigenvalue weighted by molar-refractivity contribution is 0.0965. The number of nitrogens with zero attached hydrogens (tertiary/aromatic N) is 2. The van der Waals surface area contributed by atoms with E-state index < -0.39 is 0 Å². The topological polar surface area (TPSA) is 50.0 Å². The van der Waals surface area contributed by atoms with Crippen molar-refractivity contribution >= 4 is 11.6 Å². The first-order chi connectivity index (χ1) is 8.08. The molecule has 4 heteroatoms. The third-order valence-electron chi connectivity index (χ3n) is 3.18. The molecule has 0 N–H and O–H groups in total. The van der Waals surface area contributed by atoms with E-state index in [2.05, 4.69) is 4.98 Å². The molecule has 0 amide bonds. The molecule has 0 spiro atoms. The SMILES string of the molecule is Cc1ccc2c(n1)C(=O)C=C(N1CC1C)C2=O. The summed E-state index contributed by atoms with van der Waals surface area (Å²) in [5.41, 5.74) is 1.98. The Bertz CT molecular complexity index is 575. The van der Waals surface area contributed by atoms with Gasteiger partial charge in [0.25, 0.3) is 0 Å². The van der Waals surface area contributed by atoms with Gasteiger partial charge in [0.1, 0.15) is 5.69 Å². The fourth-order valence-corrected chi connectivity index (χ4v) is 2.11. The standard InChI is InChI=1S/C13H12N2O2/c1-7-3-4-9-12(14-7)11(16)5-10(13(9)17)15-6-8(15)2/h3-5,8H,6H2,1-2H3. The predicted octanol–water partition coefficient (Wildman–Crippen LogP) is 1.36. The monoisotopic (exact) mass is 228 g/mol. The molecule has 1 aliphatic carbocycles. The normalized spacial score (nSPS) is 22.4. The van der Waals surface area contributed by atoms with Gasteiger partial charge in [0.2, 0.25) is 11.6 Å². The zero-order valence-corrected chi connectivity index (χ0v) is 9.73. The van der Waals surface area contributed by atoms with Gasteiger partial charge < -0.3 is 4.90 Å². The number of hydrogen-bond donors (Lipinski definition) is 0. The molecule has 1 unspecified atom stereocenters. The highest BCUT2D eigenvalue weighted by Crippen LogP contribution is 2.30. The summed E-state index contributed by atoms with van der Waals surface area (Å²) >= 11 is 0. The van der Waals surface area contributed by atoms with Gasteiger partial charge in [-0.1, -0.05) is 0 Å². The van der Waals surface area contributed by atoms with Crippen molar-refractivity contribution in [3.63, 3.8) is 0 Å². The lowest BCUT2D eigenvalue weighted by atomic mass is 9.96. The summed E-state index contributed by atoms with van der Waals surface area (Å²) in [7, 11) is 0. The Morgan fingerprint density at radius 2 is 2.06 bits per heavy atom. The van der Waals surface area contributed by atoms with Crippen LogP contribution in [0, 0.1) is 6.92 Å². The largest absolute Gasteiger partial charge is 0.362 e. The van der Waals surface area contributed by atoms with Crippen molar-refractivity contribution in [2.75, 3.05) is 6.54 Å². The molecule has 1 atom stereocenters. The maximum Gasteiger partial charge on any atom is 0.211 e. The number of aromatic nitrogens is 1. The van der Waals surface area contributed by atoms with E-state index in [1.807, 2.05) is 18.7 Å². The second-order valence-electron chi connectivity index (χ2n) is 4.57. The zero-order valence-electron chi connectivity index (χ0n) is 9.73. The Kier molecular flexibility index (Phi) is 1.96. The average molecular weight is 228 g/mol. The molecule has 1 fully saturated rings. The minimum absolute atomic E-state index is 0.0866. The number of aryl methyl sites for hydroxylation is 1. The molecule has 3 rings (SSSR count). The predicted molar refractivity (Wildman–Crippen MR) is 61.9 cm³/mol. The Balaban J connectivity index is 2.09. The van der Waals surface area contributed by atoms with Crippen LogP contribution in [0.5, 0.6) is 0 Å². The number of carbonyl (C=O) groups is 2. The molecule has 1 aromatic heterocycles. The summed E-state index contributed by atoms with van der Waals surface area (Å²) in [5, 5.41) is 0. The highest BCUT2D eigenvalue weighted by Gasteiger charge is 2.38. The third-order valence-corrected chi connectivity index (χ3v) is 3.18. The quantitative estimate of drug-likeness (QED) is 0.681. The number of fused-ring (bicyclic) bond motifs is 1. The van der Waals surface area contributed by atoms with Crippen molar-refractivity contribution in [3.05, 3.63) is 40.9 Å². The maximum absolute atomic E-state index is 12.2. The Morgan fingerprint density at radius 3 is 2.71 bits per heavy atom.